The molecule has 3 aromatic heterocycles. The van der Waals surface area contributed by atoms with E-state index in [0.29, 0.717) is 36.5 Å². The first kappa shape index (κ1) is 28.3. The van der Waals surface area contributed by atoms with E-state index in [9.17, 15) is 13.2 Å². The van der Waals surface area contributed by atoms with Gasteiger partial charge in [0.2, 0.25) is 5.88 Å². The fraction of sp³-hybridized carbons (Fsp3) is 0.429. The number of amides is 1. The lowest BCUT2D eigenvalue weighted by atomic mass is 9.97. The first-order chi connectivity index (χ1) is 18.1. The topological polar surface area (TPSA) is 140 Å². The third kappa shape index (κ3) is 6.65. The first-order valence-electron chi connectivity index (χ1n) is 12.8. The molecule has 0 aliphatic carbocycles. The molecule has 0 spiro atoms. The number of aromatic nitrogens is 3. The van der Waals surface area contributed by atoms with Crippen LogP contribution < -0.4 is 20.1 Å². The van der Waals surface area contributed by atoms with E-state index in [1.165, 1.54) is 18.2 Å². The van der Waals surface area contributed by atoms with Crippen LogP contribution in [-0.4, -0.2) is 48.0 Å². The predicted molar refractivity (Wildman–Crippen MR) is 153 cm³/mol. The molecule has 10 nitrogen and oxygen atoms in total. The van der Waals surface area contributed by atoms with Crippen molar-refractivity contribution in [2.75, 3.05) is 23.8 Å². The van der Waals surface area contributed by atoms with Crippen LogP contribution in [0.3, 0.4) is 0 Å². The van der Waals surface area contributed by atoms with Crippen LogP contribution in [0.2, 0.25) is 0 Å². The third-order valence-corrected chi connectivity index (χ3v) is 7.61. The van der Waals surface area contributed by atoms with E-state index in [1.54, 1.807) is 24.4 Å². The normalized spacial score (nSPS) is 17.2. The SMILES string of the molecule is CC1CN(c2nc(-c3ccc(OCC(C)(C)C)nc3)ccc2C(=O)NS(=O)(=O)c2cccc(N)n2)C(C)(C)C1.[HH]. The predicted octanol–water partition coefficient (Wildman–Crippen LogP) is 4.54. The van der Waals surface area contributed by atoms with Gasteiger partial charge in [0.1, 0.15) is 11.6 Å². The molecule has 0 radical (unpaired) electrons. The van der Waals surface area contributed by atoms with Gasteiger partial charge in [0.15, 0.2) is 5.03 Å². The van der Waals surface area contributed by atoms with Gasteiger partial charge < -0.3 is 15.4 Å². The van der Waals surface area contributed by atoms with E-state index in [1.807, 2.05) is 6.07 Å². The number of pyridine rings is 3. The molecule has 0 bridgehead atoms. The zero-order valence-electron chi connectivity index (χ0n) is 23.2. The van der Waals surface area contributed by atoms with Gasteiger partial charge in [-0.15, -0.1) is 0 Å². The largest absolute Gasteiger partial charge is 0.477 e. The Morgan fingerprint density at radius 2 is 1.92 bits per heavy atom. The van der Waals surface area contributed by atoms with Crippen molar-refractivity contribution in [1.82, 2.24) is 19.7 Å². The second-order valence-electron chi connectivity index (χ2n) is 11.9. The summed E-state index contributed by atoms with van der Waals surface area (Å²) in [7, 11) is -4.25. The second-order valence-corrected chi connectivity index (χ2v) is 13.5. The van der Waals surface area contributed by atoms with Crippen LogP contribution in [0.25, 0.3) is 11.3 Å². The monoisotopic (exact) mass is 554 g/mol. The number of carbonyl (C=O) groups is 1. The zero-order valence-corrected chi connectivity index (χ0v) is 24.0. The van der Waals surface area contributed by atoms with Crippen molar-refractivity contribution in [1.29, 1.82) is 0 Å². The van der Waals surface area contributed by atoms with Crippen LogP contribution in [0.15, 0.2) is 53.7 Å². The van der Waals surface area contributed by atoms with Gasteiger partial charge in [0.25, 0.3) is 15.9 Å². The van der Waals surface area contributed by atoms with Crippen molar-refractivity contribution in [2.45, 2.75) is 58.5 Å². The van der Waals surface area contributed by atoms with E-state index in [0.717, 1.165) is 12.0 Å². The molecule has 0 aromatic carbocycles. The number of carbonyl (C=O) groups excluding carboxylic acids is 1. The van der Waals surface area contributed by atoms with Gasteiger partial charge in [-0.25, -0.2) is 19.7 Å². The lowest BCUT2D eigenvalue weighted by molar-refractivity contribution is 0.0981. The maximum absolute atomic E-state index is 13.4. The zero-order chi connectivity index (χ0) is 28.6. The highest BCUT2D eigenvalue weighted by atomic mass is 32.2. The number of nitrogen functional groups attached to an aromatic ring is 1. The lowest BCUT2D eigenvalue weighted by Gasteiger charge is -2.34. The van der Waals surface area contributed by atoms with Gasteiger partial charge in [0, 0.05) is 31.3 Å². The molecule has 1 unspecified atom stereocenters. The molecule has 4 rings (SSSR count). The Kier molecular flexibility index (Phi) is 7.57. The molecule has 4 heterocycles. The van der Waals surface area contributed by atoms with Gasteiger partial charge >= 0.3 is 0 Å². The van der Waals surface area contributed by atoms with Crippen LogP contribution in [-0.2, 0) is 10.0 Å². The van der Waals surface area contributed by atoms with Crippen LogP contribution in [0.5, 0.6) is 5.88 Å². The van der Waals surface area contributed by atoms with Crippen molar-refractivity contribution in [3.05, 3.63) is 54.2 Å². The molecule has 39 heavy (non-hydrogen) atoms. The molecule has 210 valence electrons. The Morgan fingerprint density at radius 1 is 1.18 bits per heavy atom. The third-order valence-electron chi connectivity index (χ3n) is 6.38. The van der Waals surface area contributed by atoms with E-state index in [4.69, 9.17) is 15.5 Å². The van der Waals surface area contributed by atoms with Crippen LogP contribution >= 0.6 is 0 Å². The molecular formula is C28H38N6O4S. The fourth-order valence-corrected chi connectivity index (χ4v) is 5.61. The van der Waals surface area contributed by atoms with Crippen molar-refractivity contribution in [2.24, 2.45) is 11.3 Å². The number of nitrogens with two attached hydrogens (primary N) is 1. The molecule has 1 atom stereocenters. The van der Waals surface area contributed by atoms with E-state index in [2.05, 4.69) is 61.1 Å². The quantitative estimate of drug-likeness (QED) is 0.431. The Labute approximate surface area is 231 Å². The maximum atomic E-state index is 13.4. The summed E-state index contributed by atoms with van der Waals surface area (Å²) in [4.78, 5) is 28.6. The number of nitrogens with one attached hydrogen (secondary N) is 1. The Bertz CT molecular complexity index is 1470. The minimum Gasteiger partial charge on any atom is -0.477 e. The average Bonchev–Trinajstić information content (AvgIpc) is 3.13. The first-order valence-corrected chi connectivity index (χ1v) is 14.3. The number of rotatable bonds is 7. The van der Waals surface area contributed by atoms with Crippen molar-refractivity contribution >= 4 is 27.6 Å². The number of sulfonamides is 1. The Balaban J connectivity index is 0.00000441. The van der Waals surface area contributed by atoms with Gasteiger partial charge in [0.05, 0.1) is 17.9 Å². The molecule has 1 fully saturated rings. The molecule has 1 aliphatic heterocycles. The smallest absolute Gasteiger partial charge is 0.281 e. The molecule has 1 aliphatic rings. The standard InChI is InChI=1S/C28H36N6O4S.H2/c1-18-14-28(5,6)34(16-18)25-20(26(35)33-39(36,37)24-9-7-8-22(29)32-24)11-12-21(31-25)19-10-13-23(30-15-19)38-17-27(2,3)4;/h7-13,15,18H,14,16-17H2,1-6H3,(H2,29,32)(H,33,35);1H. The highest BCUT2D eigenvalue weighted by Crippen LogP contribution is 2.38. The minimum absolute atomic E-state index is 0. The van der Waals surface area contributed by atoms with E-state index < -0.39 is 15.9 Å². The highest BCUT2D eigenvalue weighted by molar-refractivity contribution is 7.90. The van der Waals surface area contributed by atoms with Gasteiger partial charge in [-0.2, -0.15) is 8.42 Å². The highest BCUT2D eigenvalue weighted by Gasteiger charge is 2.39. The van der Waals surface area contributed by atoms with Crippen molar-refractivity contribution < 1.29 is 19.4 Å². The number of nitrogens with zero attached hydrogens (tertiary/aromatic N) is 4. The average molecular weight is 555 g/mol. The van der Waals surface area contributed by atoms with Crippen molar-refractivity contribution in [3.63, 3.8) is 0 Å². The number of hydrogen-bond donors (Lipinski definition) is 2. The lowest BCUT2D eigenvalue weighted by Crippen LogP contribution is -2.41. The van der Waals surface area contributed by atoms with E-state index >= 15 is 0 Å². The van der Waals surface area contributed by atoms with Gasteiger partial charge in [-0.05, 0) is 61.9 Å². The minimum atomic E-state index is -4.25. The maximum Gasteiger partial charge on any atom is 0.281 e. The van der Waals surface area contributed by atoms with E-state index in [-0.39, 0.29) is 28.8 Å². The summed E-state index contributed by atoms with van der Waals surface area (Å²) in [6.07, 6.45) is 2.57. The van der Waals surface area contributed by atoms with Crippen molar-refractivity contribution in [3.8, 4) is 17.1 Å². The summed E-state index contributed by atoms with van der Waals surface area (Å²) in [5, 5.41) is -0.336. The van der Waals surface area contributed by atoms with Gasteiger partial charge in [-0.3, -0.25) is 4.79 Å². The summed E-state index contributed by atoms with van der Waals surface area (Å²) in [6.45, 7) is 13.8. The Morgan fingerprint density at radius 3 is 2.51 bits per heavy atom. The Hall–Kier alpha value is -3.73. The number of ether oxygens (including phenoxy) is 1. The molecule has 3 aromatic rings. The summed E-state index contributed by atoms with van der Waals surface area (Å²) in [6, 6.07) is 11.1. The summed E-state index contributed by atoms with van der Waals surface area (Å²) < 4.78 is 33.7. The van der Waals surface area contributed by atoms with Crippen LogP contribution in [0.4, 0.5) is 11.6 Å². The summed E-state index contributed by atoms with van der Waals surface area (Å²) in [5.74, 6) is 0.520. The molecule has 3 N–H and O–H groups in total. The van der Waals surface area contributed by atoms with Gasteiger partial charge in [-0.1, -0.05) is 33.8 Å². The fourth-order valence-electron chi connectivity index (χ4n) is 4.67. The second kappa shape index (κ2) is 10.4. The summed E-state index contributed by atoms with van der Waals surface area (Å²) >= 11 is 0. The molecular weight excluding hydrogens is 516 g/mol. The van der Waals surface area contributed by atoms with Crippen LogP contribution in [0.1, 0.15) is 59.7 Å². The number of hydrogen-bond acceptors (Lipinski definition) is 9. The molecule has 1 amide bonds. The molecule has 0 saturated carbocycles. The summed E-state index contributed by atoms with van der Waals surface area (Å²) in [5.41, 5.74) is 6.85. The number of anilines is 2. The van der Waals surface area contributed by atoms with Crippen LogP contribution in [0, 0.1) is 11.3 Å². The molecule has 1 saturated heterocycles. The molecule has 11 heteroatoms.